The molecular weight excluding hydrogens is 249 g/mol. The van der Waals surface area contributed by atoms with Crippen LogP contribution < -0.4 is 5.73 Å². The van der Waals surface area contributed by atoms with Gasteiger partial charge in [-0.25, -0.2) is 0 Å². The molecule has 0 unspecified atom stereocenters. The van der Waals surface area contributed by atoms with Crippen molar-refractivity contribution in [1.29, 1.82) is 0 Å². The fourth-order valence-electron chi connectivity index (χ4n) is 0.432. The first kappa shape index (κ1) is 10.8. The van der Waals surface area contributed by atoms with E-state index in [0.717, 1.165) is 5.70 Å². The summed E-state index contributed by atoms with van der Waals surface area (Å²) in [6.45, 7) is 6.09. The molecule has 0 saturated heterocycles. The predicted octanol–water partition coefficient (Wildman–Crippen LogP) is 3.13. The van der Waals surface area contributed by atoms with E-state index in [0.29, 0.717) is 0 Å². The third kappa shape index (κ3) is 5.07. The van der Waals surface area contributed by atoms with Gasteiger partial charge in [0.1, 0.15) is 0 Å². The smallest absolute Gasteiger partial charge is 0.0270 e. The van der Waals surface area contributed by atoms with Gasteiger partial charge in [-0.15, -0.1) is 0 Å². The maximum atomic E-state index is 5.57. The Kier molecular flexibility index (Phi) is 5.28. The molecule has 2 N–H and O–H groups in total. The maximum absolute atomic E-state index is 5.57. The number of hydrogen-bond acceptors (Lipinski definition) is 1. The number of nitrogens with two attached hydrogens (primary N) is 1. The van der Waals surface area contributed by atoms with E-state index in [1.165, 1.54) is 9.15 Å². The van der Waals surface area contributed by atoms with Crippen LogP contribution in [0.2, 0.25) is 0 Å². The van der Waals surface area contributed by atoms with Crippen LogP contribution in [0.4, 0.5) is 0 Å². The average molecular weight is 263 g/mol. The van der Waals surface area contributed by atoms with Crippen LogP contribution in [0.5, 0.6) is 0 Å². The summed E-state index contributed by atoms with van der Waals surface area (Å²) in [6.07, 6.45) is 5.81. The van der Waals surface area contributed by atoms with E-state index in [9.17, 15) is 0 Å². The molecule has 0 fully saturated rings. The minimum atomic E-state index is 0.806. The molecule has 0 aliphatic heterocycles. The molecule has 1 nitrogen and oxygen atoms in total. The Balaban J connectivity index is 4.27. The summed E-state index contributed by atoms with van der Waals surface area (Å²) in [5.41, 5.74) is 7.69. The molecule has 0 aromatic carbocycles. The zero-order chi connectivity index (χ0) is 8.85. The predicted molar refractivity (Wildman–Crippen MR) is 59.5 cm³/mol. The average Bonchev–Trinajstić information content (AvgIpc) is 1.99. The van der Waals surface area contributed by atoms with Gasteiger partial charge in [-0.2, -0.15) is 0 Å². The Labute approximate surface area is 82.2 Å². The van der Waals surface area contributed by atoms with Crippen LogP contribution >= 0.6 is 22.6 Å². The molecule has 0 aromatic rings. The van der Waals surface area contributed by atoms with E-state index < -0.39 is 0 Å². The van der Waals surface area contributed by atoms with Gasteiger partial charge in [-0.3, -0.25) is 0 Å². The molecule has 2 heteroatoms. The quantitative estimate of drug-likeness (QED) is 0.601. The molecule has 0 amide bonds. The van der Waals surface area contributed by atoms with Crippen LogP contribution in [0.15, 0.2) is 33.1 Å². The molecule has 0 rings (SSSR count). The Morgan fingerprint density at radius 1 is 1.27 bits per heavy atom. The molecular formula is C9H14IN. The van der Waals surface area contributed by atoms with Gasteiger partial charge in [-0.1, -0.05) is 11.6 Å². The van der Waals surface area contributed by atoms with Crippen molar-refractivity contribution >= 4 is 22.6 Å². The molecule has 0 heterocycles. The van der Waals surface area contributed by atoms with Gasteiger partial charge in [0.25, 0.3) is 0 Å². The minimum absolute atomic E-state index is 0.806. The summed E-state index contributed by atoms with van der Waals surface area (Å²) in [5.74, 6) is 0. The molecule has 0 atom stereocenters. The van der Waals surface area contributed by atoms with Gasteiger partial charge in [-0.05, 0) is 55.5 Å². The third-order valence-electron chi connectivity index (χ3n) is 1.23. The normalized spacial score (nSPS) is 12.2. The Morgan fingerprint density at radius 3 is 2.18 bits per heavy atom. The van der Waals surface area contributed by atoms with Crippen molar-refractivity contribution in [3.05, 3.63) is 33.1 Å². The molecule has 0 radical (unpaired) electrons. The lowest BCUT2D eigenvalue weighted by molar-refractivity contribution is 1.37. The lowest BCUT2D eigenvalue weighted by Gasteiger charge is -1.93. The molecule has 11 heavy (non-hydrogen) atoms. The van der Waals surface area contributed by atoms with Crippen molar-refractivity contribution < 1.29 is 0 Å². The minimum Gasteiger partial charge on any atom is -0.399 e. The van der Waals surface area contributed by atoms with Crippen molar-refractivity contribution in [2.45, 2.75) is 20.8 Å². The van der Waals surface area contributed by atoms with E-state index in [1.807, 2.05) is 25.2 Å². The fraction of sp³-hybridized carbons (Fsp3) is 0.333. The van der Waals surface area contributed by atoms with Crippen LogP contribution in [0, 0.1) is 0 Å². The number of allylic oxidation sites excluding steroid dienone is 5. The second-order valence-electron chi connectivity index (χ2n) is 2.47. The zero-order valence-electron chi connectivity index (χ0n) is 7.19. The van der Waals surface area contributed by atoms with Crippen molar-refractivity contribution in [3.63, 3.8) is 0 Å². The molecule has 0 bridgehead atoms. The first-order chi connectivity index (χ1) is 5.07. The van der Waals surface area contributed by atoms with Crippen LogP contribution in [-0.2, 0) is 0 Å². The fourth-order valence-corrected chi connectivity index (χ4v) is 0.612. The Hall–Kier alpha value is -0.250. The molecule has 0 aliphatic carbocycles. The monoisotopic (exact) mass is 263 g/mol. The van der Waals surface area contributed by atoms with Crippen LogP contribution in [-0.4, -0.2) is 0 Å². The van der Waals surface area contributed by atoms with Crippen LogP contribution in [0.1, 0.15) is 20.8 Å². The molecule has 0 saturated carbocycles. The van der Waals surface area contributed by atoms with Crippen LogP contribution in [0.3, 0.4) is 0 Å². The first-order valence-electron chi connectivity index (χ1n) is 3.50. The van der Waals surface area contributed by atoms with Gasteiger partial charge in [0, 0.05) is 9.28 Å². The summed E-state index contributed by atoms with van der Waals surface area (Å²) in [6, 6.07) is 0. The van der Waals surface area contributed by atoms with Crippen molar-refractivity contribution in [2.24, 2.45) is 5.73 Å². The first-order valence-corrected chi connectivity index (χ1v) is 4.58. The largest absolute Gasteiger partial charge is 0.399 e. The molecule has 0 spiro atoms. The summed E-state index contributed by atoms with van der Waals surface area (Å²) in [4.78, 5) is 0. The van der Waals surface area contributed by atoms with E-state index in [1.54, 1.807) is 0 Å². The van der Waals surface area contributed by atoms with E-state index in [4.69, 9.17) is 5.73 Å². The molecule has 0 aromatic heterocycles. The highest BCUT2D eigenvalue weighted by Gasteiger charge is 1.86. The molecule has 62 valence electrons. The Morgan fingerprint density at radius 2 is 1.82 bits per heavy atom. The standard InChI is InChI=1S/C9H14IN/c1-4-8(11)5-6-9(10)7(2)3/h4-6H,11H2,1-3H3/b6-5-,8-4+. The highest BCUT2D eigenvalue weighted by atomic mass is 127. The summed E-state index contributed by atoms with van der Waals surface area (Å²) < 4.78 is 1.24. The number of hydrogen-bond donors (Lipinski definition) is 1. The lowest BCUT2D eigenvalue weighted by atomic mass is 10.3. The van der Waals surface area contributed by atoms with Crippen molar-refractivity contribution in [2.75, 3.05) is 0 Å². The van der Waals surface area contributed by atoms with Crippen LogP contribution in [0.25, 0.3) is 0 Å². The number of halogens is 1. The second-order valence-corrected chi connectivity index (χ2v) is 3.63. The van der Waals surface area contributed by atoms with Crippen molar-refractivity contribution in [1.82, 2.24) is 0 Å². The van der Waals surface area contributed by atoms with Gasteiger partial charge in [0.05, 0.1) is 0 Å². The van der Waals surface area contributed by atoms with E-state index in [2.05, 4.69) is 36.4 Å². The summed E-state index contributed by atoms with van der Waals surface area (Å²) in [5, 5.41) is 0. The highest BCUT2D eigenvalue weighted by Crippen LogP contribution is 2.13. The van der Waals surface area contributed by atoms with Gasteiger partial charge < -0.3 is 5.73 Å². The van der Waals surface area contributed by atoms with Crippen molar-refractivity contribution in [3.8, 4) is 0 Å². The summed E-state index contributed by atoms with van der Waals surface area (Å²) >= 11 is 2.29. The topological polar surface area (TPSA) is 26.0 Å². The zero-order valence-corrected chi connectivity index (χ0v) is 9.34. The third-order valence-corrected chi connectivity index (χ3v) is 2.67. The highest BCUT2D eigenvalue weighted by molar-refractivity contribution is 14.1. The second kappa shape index (κ2) is 5.41. The number of rotatable bonds is 2. The van der Waals surface area contributed by atoms with Gasteiger partial charge in [0.15, 0.2) is 0 Å². The SMILES string of the molecule is C/C=C(N)\C=C/C(I)=C(C)C. The van der Waals surface area contributed by atoms with E-state index >= 15 is 0 Å². The maximum Gasteiger partial charge on any atom is 0.0270 e. The van der Waals surface area contributed by atoms with Gasteiger partial charge in [0.2, 0.25) is 0 Å². The Bertz CT molecular complexity index is 208. The molecule has 0 aliphatic rings. The van der Waals surface area contributed by atoms with Gasteiger partial charge >= 0.3 is 0 Å². The van der Waals surface area contributed by atoms with E-state index in [-0.39, 0.29) is 0 Å². The lowest BCUT2D eigenvalue weighted by Crippen LogP contribution is -1.90. The summed E-state index contributed by atoms with van der Waals surface area (Å²) in [7, 11) is 0.